The second-order valence-electron chi connectivity index (χ2n) is 6.39. The van der Waals surface area contributed by atoms with Crippen molar-refractivity contribution in [2.45, 2.75) is 19.4 Å². The standard InChI is InChI=1S/C19H25N5O2/c1-23-10-8-20-18(23)5-4-9-24(2)19(25)21-13-15-11-14-12-16(26-3)6-7-17(14)22-15/h6-8,10-12,22H,4-5,9,13H2,1-3H3,(H,21,25). The summed E-state index contributed by atoms with van der Waals surface area (Å²) in [6, 6.07) is 7.81. The van der Waals surface area contributed by atoms with Crippen LogP contribution in [0, 0.1) is 0 Å². The zero-order valence-corrected chi connectivity index (χ0v) is 15.5. The molecule has 0 unspecified atom stereocenters. The lowest BCUT2D eigenvalue weighted by Crippen LogP contribution is -2.37. The number of carbonyl (C=O) groups is 1. The summed E-state index contributed by atoms with van der Waals surface area (Å²) >= 11 is 0. The molecule has 0 aliphatic carbocycles. The smallest absolute Gasteiger partial charge is 0.317 e. The van der Waals surface area contributed by atoms with Crippen molar-refractivity contribution in [3.8, 4) is 5.75 Å². The van der Waals surface area contributed by atoms with E-state index in [1.807, 2.05) is 49.1 Å². The van der Waals surface area contributed by atoms with Crippen molar-refractivity contribution in [1.29, 1.82) is 0 Å². The van der Waals surface area contributed by atoms with Crippen molar-refractivity contribution < 1.29 is 9.53 Å². The number of imidazole rings is 1. The predicted octanol–water partition coefficient (Wildman–Crippen LogP) is 2.68. The number of aromatic nitrogens is 3. The Morgan fingerprint density at radius 3 is 2.96 bits per heavy atom. The van der Waals surface area contributed by atoms with Gasteiger partial charge < -0.3 is 24.5 Å². The minimum atomic E-state index is -0.0823. The Morgan fingerprint density at radius 1 is 1.38 bits per heavy atom. The molecule has 0 fully saturated rings. The molecule has 3 aromatic rings. The first-order valence-corrected chi connectivity index (χ1v) is 8.67. The van der Waals surface area contributed by atoms with E-state index in [2.05, 4.69) is 15.3 Å². The van der Waals surface area contributed by atoms with E-state index in [1.54, 1.807) is 18.2 Å². The number of hydrogen-bond donors (Lipinski definition) is 2. The van der Waals surface area contributed by atoms with Gasteiger partial charge in [-0.3, -0.25) is 0 Å². The Balaban J connectivity index is 1.47. The van der Waals surface area contributed by atoms with Gasteiger partial charge in [0.2, 0.25) is 0 Å². The van der Waals surface area contributed by atoms with Crippen LogP contribution in [-0.2, 0) is 20.0 Å². The first-order valence-electron chi connectivity index (χ1n) is 8.67. The fraction of sp³-hybridized carbons (Fsp3) is 0.368. The monoisotopic (exact) mass is 355 g/mol. The van der Waals surface area contributed by atoms with Crippen LogP contribution in [0.5, 0.6) is 5.75 Å². The van der Waals surface area contributed by atoms with Gasteiger partial charge in [-0.25, -0.2) is 9.78 Å². The molecule has 0 aliphatic rings. The fourth-order valence-electron chi connectivity index (χ4n) is 2.91. The summed E-state index contributed by atoms with van der Waals surface area (Å²) in [5.41, 5.74) is 1.99. The summed E-state index contributed by atoms with van der Waals surface area (Å²) < 4.78 is 7.24. The van der Waals surface area contributed by atoms with Crippen LogP contribution in [-0.4, -0.2) is 46.2 Å². The number of aryl methyl sites for hydroxylation is 2. The molecule has 3 rings (SSSR count). The number of methoxy groups -OCH3 is 1. The maximum absolute atomic E-state index is 12.3. The fourth-order valence-corrected chi connectivity index (χ4v) is 2.91. The van der Waals surface area contributed by atoms with Crippen molar-refractivity contribution in [2.75, 3.05) is 20.7 Å². The highest BCUT2D eigenvalue weighted by molar-refractivity contribution is 5.82. The van der Waals surface area contributed by atoms with Crippen molar-refractivity contribution in [3.05, 3.63) is 48.2 Å². The Labute approximate surface area is 153 Å². The number of nitrogens with zero attached hydrogens (tertiary/aromatic N) is 3. The number of carbonyl (C=O) groups excluding carboxylic acids is 1. The van der Waals surface area contributed by atoms with Crippen LogP contribution in [0.15, 0.2) is 36.7 Å². The van der Waals surface area contributed by atoms with Crippen LogP contribution in [0.2, 0.25) is 0 Å². The minimum Gasteiger partial charge on any atom is -0.497 e. The molecule has 7 heteroatoms. The lowest BCUT2D eigenvalue weighted by atomic mass is 10.2. The van der Waals surface area contributed by atoms with Crippen molar-refractivity contribution in [1.82, 2.24) is 24.8 Å². The number of aromatic amines is 1. The van der Waals surface area contributed by atoms with Crippen LogP contribution in [0.1, 0.15) is 17.9 Å². The maximum atomic E-state index is 12.3. The van der Waals surface area contributed by atoms with Gasteiger partial charge in [-0.15, -0.1) is 0 Å². The predicted molar refractivity (Wildman–Crippen MR) is 101 cm³/mol. The van der Waals surface area contributed by atoms with Crippen molar-refractivity contribution in [2.24, 2.45) is 7.05 Å². The van der Waals surface area contributed by atoms with Crippen molar-refractivity contribution >= 4 is 16.9 Å². The van der Waals surface area contributed by atoms with Gasteiger partial charge >= 0.3 is 6.03 Å². The third-order valence-electron chi connectivity index (χ3n) is 4.48. The highest BCUT2D eigenvalue weighted by Crippen LogP contribution is 2.21. The number of rotatable bonds is 7. The lowest BCUT2D eigenvalue weighted by molar-refractivity contribution is 0.207. The van der Waals surface area contributed by atoms with Gasteiger partial charge in [0.25, 0.3) is 0 Å². The van der Waals surface area contributed by atoms with Crippen LogP contribution < -0.4 is 10.1 Å². The van der Waals surface area contributed by atoms with Gasteiger partial charge in [0, 0.05) is 56.1 Å². The summed E-state index contributed by atoms with van der Waals surface area (Å²) in [5, 5.41) is 4.01. The molecular weight excluding hydrogens is 330 g/mol. The zero-order chi connectivity index (χ0) is 18.5. The highest BCUT2D eigenvalue weighted by atomic mass is 16.5. The first kappa shape index (κ1) is 17.8. The molecule has 7 nitrogen and oxygen atoms in total. The van der Waals surface area contributed by atoms with E-state index < -0.39 is 0 Å². The lowest BCUT2D eigenvalue weighted by Gasteiger charge is -2.17. The van der Waals surface area contributed by atoms with Crippen LogP contribution in [0.4, 0.5) is 4.79 Å². The third kappa shape index (κ3) is 4.17. The van der Waals surface area contributed by atoms with Gasteiger partial charge in [-0.05, 0) is 30.7 Å². The van der Waals surface area contributed by atoms with E-state index in [4.69, 9.17) is 4.74 Å². The Hall–Kier alpha value is -2.96. The normalized spacial score (nSPS) is 10.9. The number of H-pyrrole nitrogens is 1. The van der Waals surface area contributed by atoms with E-state index in [9.17, 15) is 4.79 Å². The number of ether oxygens (including phenoxy) is 1. The molecule has 0 bridgehead atoms. The molecular formula is C19H25N5O2. The number of nitrogens with one attached hydrogen (secondary N) is 2. The molecule has 0 saturated carbocycles. The van der Waals surface area contributed by atoms with E-state index >= 15 is 0 Å². The number of amides is 2. The Bertz CT molecular complexity index is 883. The quantitative estimate of drug-likeness (QED) is 0.684. The van der Waals surface area contributed by atoms with Gasteiger partial charge in [0.15, 0.2) is 0 Å². The molecule has 2 heterocycles. The van der Waals surface area contributed by atoms with Gasteiger partial charge in [0.1, 0.15) is 11.6 Å². The van der Waals surface area contributed by atoms with E-state index in [-0.39, 0.29) is 6.03 Å². The molecule has 0 spiro atoms. The first-order chi connectivity index (χ1) is 12.6. The Morgan fingerprint density at radius 2 is 2.23 bits per heavy atom. The minimum absolute atomic E-state index is 0.0823. The molecule has 138 valence electrons. The van der Waals surface area contributed by atoms with Gasteiger partial charge in [0.05, 0.1) is 13.7 Å². The van der Waals surface area contributed by atoms with Crippen LogP contribution in [0.3, 0.4) is 0 Å². The molecule has 26 heavy (non-hydrogen) atoms. The van der Waals surface area contributed by atoms with Gasteiger partial charge in [-0.1, -0.05) is 0 Å². The van der Waals surface area contributed by atoms with E-state index in [0.717, 1.165) is 41.0 Å². The summed E-state index contributed by atoms with van der Waals surface area (Å²) in [7, 11) is 5.44. The third-order valence-corrected chi connectivity index (χ3v) is 4.48. The largest absolute Gasteiger partial charge is 0.497 e. The van der Waals surface area contributed by atoms with Crippen LogP contribution in [0.25, 0.3) is 10.9 Å². The number of fused-ring (bicyclic) bond motifs is 1. The summed E-state index contributed by atoms with van der Waals surface area (Å²) in [4.78, 5) is 21.6. The van der Waals surface area contributed by atoms with E-state index in [1.165, 1.54) is 0 Å². The van der Waals surface area contributed by atoms with Gasteiger partial charge in [-0.2, -0.15) is 0 Å². The number of benzene rings is 1. The molecule has 0 atom stereocenters. The van der Waals surface area contributed by atoms with Crippen LogP contribution >= 0.6 is 0 Å². The average molecular weight is 355 g/mol. The van der Waals surface area contributed by atoms with E-state index in [0.29, 0.717) is 13.1 Å². The van der Waals surface area contributed by atoms with Crippen molar-refractivity contribution in [3.63, 3.8) is 0 Å². The second-order valence-corrected chi connectivity index (χ2v) is 6.39. The molecule has 2 N–H and O–H groups in total. The zero-order valence-electron chi connectivity index (χ0n) is 15.5. The molecule has 2 amide bonds. The summed E-state index contributed by atoms with van der Waals surface area (Å²) in [6.07, 6.45) is 5.45. The summed E-state index contributed by atoms with van der Waals surface area (Å²) in [5.74, 6) is 1.85. The molecule has 0 saturated heterocycles. The highest BCUT2D eigenvalue weighted by Gasteiger charge is 2.10. The number of hydrogen-bond acceptors (Lipinski definition) is 3. The molecule has 0 radical (unpaired) electrons. The summed E-state index contributed by atoms with van der Waals surface area (Å²) in [6.45, 7) is 1.14. The number of urea groups is 1. The maximum Gasteiger partial charge on any atom is 0.317 e. The topological polar surface area (TPSA) is 75.2 Å². The average Bonchev–Trinajstić information content (AvgIpc) is 3.24. The molecule has 0 aliphatic heterocycles. The second kappa shape index (κ2) is 7.95. The molecule has 2 aromatic heterocycles. The Kier molecular flexibility index (Phi) is 5.46. The SMILES string of the molecule is COc1ccc2[nH]c(CNC(=O)N(C)CCCc3nccn3C)cc2c1. The molecule has 1 aromatic carbocycles.